The van der Waals surface area contributed by atoms with E-state index in [2.05, 4.69) is 6.58 Å². The van der Waals surface area contributed by atoms with Gasteiger partial charge >= 0.3 is 5.97 Å². The Balaban J connectivity index is 4.07. The molecule has 0 aromatic heterocycles. The maximum atomic E-state index is 10.7. The molecule has 0 aliphatic heterocycles. The van der Waals surface area contributed by atoms with Gasteiger partial charge in [-0.2, -0.15) is 0 Å². The van der Waals surface area contributed by atoms with Gasteiger partial charge in [0.15, 0.2) is 0 Å². The van der Waals surface area contributed by atoms with Gasteiger partial charge in [0.1, 0.15) is 6.61 Å². The predicted octanol–water partition coefficient (Wildman–Crippen LogP) is 2.58. The molecular formula is C14H24O5. The number of hydrogen-bond acceptors (Lipinski definition) is 4. The van der Waals surface area contributed by atoms with Gasteiger partial charge < -0.3 is 19.3 Å². The average Bonchev–Trinajstić information content (AvgIpc) is 2.28. The quantitative estimate of drug-likeness (QED) is 0.376. The van der Waals surface area contributed by atoms with E-state index < -0.39 is 12.3 Å². The van der Waals surface area contributed by atoms with E-state index in [-0.39, 0.29) is 18.6 Å². The van der Waals surface area contributed by atoms with Crippen molar-refractivity contribution in [3.05, 3.63) is 24.5 Å². The van der Waals surface area contributed by atoms with Gasteiger partial charge in [0.2, 0.25) is 6.29 Å². The van der Waals surface area contributed by atoms with Crippen molar-refractivity contribution in [1.82, 2.24) is 0 Å². The van der Waals surface area contributed by atoms with Crippen LogP contribution in [0.4, 0.5) is 0 Å². The highest BCUT2D eigenvalue weighted by molar-refractivity contribution is 5.85. The largest absolute Gasteiger partial charge is 0.478 e. The van der Waals surface area contributed by atoms with Crippen molar-refractivity contribution in [3.8, 4) is 0 Å². The van der Waals surface area contributed by atoms with E-state index in [1.807, 2.05) is 20.8 Å². The standard InChI is InChI=1S/C14H24O5/c1-6-18-13(19-10(2)3)9-17-8-11(4)7-12(5)14(15)16/h6-7,10-11,13H,1,8-9H2,2-5H3,(H,15,16). The van der Waals surface area contributed by atoms with Crippen LogP contribution in [0, 0.1) is 5.92 Å². The fourth-order valence-corrected chi connectivity index (χ4v) is 1.42. The van der Waals surface area contributed by atoms with Gasteiger partial charge in [0.25, 0.3) is 0 Å². The maximum absolute atomic E-state index is 10.7. The number of ether oxygens (including phenoxy) is 3. The summed E-state index contributed by atoms with van der Waals surface area (Å²) < 4.78 is 16.1. The van der Waals surface area contributed by atoms with Gasteiger partial charge in [0, 0.05) is 5.57 Å². The zero-order valence-electron chi connectivity index (χ0n) is 12.1. The Morgan fingerprint density at radius 3 is 2.42 bits per heavy atom. The number of rotatable bonds is 10. The molecule has 0 bridgehead atoms. The van der Waals surface area contributed by atoms with Crippen molar-refractivity contribution in [2.75, 3.05) is 13.2 Å². The first-order chi connectivity index (χ1) is 8.86. The smallest absolute Gasteiger partial charge is 0.330 e. The van der Waals surface area contributed by atoms with E-state index >= 15 is 0 Å². The summed E-state index contributed by atoms with van der Waals surface area (Å²) in [4.78, 5) is 10.7. The first-order valence-electron chi connectivity index (χ1n) is 6.28. The van der Waals surface area contributed by atoms with Crippen molar-refractivity contribution < 1.29 is 24.1 Å². The molecule has 110 valence electrons. The number of carboxylic acids is 1. The van der Waals surface area contributed by atoms with Crippen LogP contribution in [0.1, 0.15) is 27.7 Å². The summed E-state index contributed by atoms with van der Waals surface area (Å²) >= 11 is 0. The normalized spacial score (nSPS) is 15.1. The van der Waals surface area contributed by atoms with Crippen molar-refractivity contribution in [3.63, 3.8) is 0 Å². The average molecular weight is 272 g/mol. The molecule has 0 saturated heterocycles. The molecule has 0 heterocycles. The van der Waals surface area contributed by atoms with Crippen LogP contribution in [0.2, 0.25) is 0 Å². The molecule has 0 aromatic rings. The molecule has 0 aliphatic carbocycles. The van der Waals surface area contributed by atoms with Crippen molar-refractivity contribution in [2.24, 2.45) is 5.92 Å². The molecule has 2 unspecified atom stereocenters. The van der Waals surface area contributed by atoms with Gasteiger partial charge in [-0.05, 0) is 26.7 Å². The highest BCUT2D eigenvalue weighted by Crippen LogP contribution is 2.06. The summed E-state index contributed by atoms with van der Waals surface area (Å²) in [6.45, 7) is 11.4. The second kappa shape index (κ2) is 9.58. The van der Waals surface area contributed by atoms with Gasteiger partial charge in [-0.15, -0.1) is 0 Å². The summed E-state index contributed by atoms with van der Waals surface area (Å²) in [5, 5.41) is 8.75. The lowest BCUT2D eigenvalue weighted by molar-refractivity contribution is -0.163. The lowest BCUT2D eigenvalue weighted by Crippen LogP contribution is -2.25. The van der Waals surface area contributed by atoms with Crippen LogP contribution in [0.15, 0.2) is 24.5 Å². The van der Waals surface area contributed by atoms with Crippen LogP contribution in [-0.2, 0) is 19.0 Å². The molecular weight excluding hydrogens is 248 g/mol. The summed E-state index contributed by atoms with van der Waals surface area (Å²) in [7, 11) is 0. The van der Waals surface area contributed by atoms with Crippen molar-refractivity contribution in [2.45, 2.75) is 40.1 Å². The third kappa shape index (κ3) is 9.27. The van der Waals surface area contributed by atoms with Crippen molar-refractivity contribution >= 4 is 5.97 Å². The summed E-state index contributed by atoms with van der Waals surface area (Å²) in [6, 6.07) is 0. The van der Waals surface area contributed by atoms with E-state index in [1.165, 1.54) is 6.26 Å². The molecule has 0 fully saturated rings. The molecule has 0 aromatic carbocycles. The van der Waals surface area contributed by atoms with Gasteiger partial charge in [-0.3, -0.25) is 0 Å². The summed E-state index contributed by atoms with van der Waals surface area (Å²) in [6.07, 6.45) is 2.51. The topological polar surface area (TPSA) is 65.0 Å². The second-order valence-corrected chi connectivity index (χ2v) is 4.59. The highest BCUT2D eigenvalue weighted by Gasteiger charge is 2.12. The monoisotopic (exact) mass is 272 g/mol. The Morgan fingerprint density at radius 1 is 1.32 bits per heavy atom. The predicted molar refractivity (Wildman–Crippen MR) is 72.7 cm³/mol. The third-order valence-electron chi connectivity index (χ3n) is 2.18. The second-order valence-electron chi connectivity index (χ2n) is 4.59. The highest BCUT2D eigenvalue weighted by atomic mass is 16.7. The zero-order valence-corrected chi connectivity index (χ0v) is 12.1. The molecule has 0 radical (unpaired) electrons. The molecule has 0 saturated carbocycles. The lowest BCUT2D eigenvalue weighted by Gasteiger charge is -2.20. The summed E-state index contributed by atoms with van der Waals surface area (Å²) in [5.74, 6) is -0.901. The minimum Gasteiger partial charge on any atom is -0.478 e. The first-order valence-corrected chi connectivity index (χ1v) is 6.28. The molecule has 0 spiro atoms. The van der Waals surface area contributed by atoms with Crippen LogP contribution in [0.5, 0.6) is 0 Å². The number of carbonyl (C=O) groups is 1. The number of hydrogen-bond donors (Lipinski definition) is 1. The first kappa shape index (κ1) is 17.7. The third-order valence-corrected chi connectivity index (χ3v) is 2.18. The lowest BCUT2D eigenvalue weighted by atomic mass is 10.1. The van der Waals surface area contributed by atoms with Crippen LogP contribution < -0.4 is 0 Å². The molecule has 2 atom stereocenters. The fourth-order valence-electron chi connectivity index (χ4n) is 1.42. The van der Waals surface area contributed by atoms with Crippen LogP contribution >= 0.6 is 0 Å². The fraction of sp³-hybridized carbons (Fsp3) is 0.643. The Labute approximate surface area is 114 Å². The Kier molecular flexibility index (Phi) is 8.91. The summed E-state index contributed by atoms with van der Waals surface area (Å²) in [5.41, 5.74) is 0.313. The van der Waals surface area contributed by atoms with E-state index in [1.54, 1.807) is 13.0 Å². The minimum absolute atomic E-state index is 0.0135. The van der Waals surface area contributed by atoms with E-state index in [9.17, 15) is 4.79 Å². The van der Waals surface area contributed by atoms with Crippen LogP contribution in [0.25, 0.3) is 0 Å². The van der Waals surface area contributed by atoms with Crippen LogP contribution in [0.3, 0.4) is 0 Å². The molecule has 0 aliphatic rings. The molecule has 1 N–H and O–H groups in total. The van der Waals surface area contributed by atoms with Crippen molar-refractivity contribution in [1.29, 1.82) is 0 Å². The molecule has 0 rings (SSSR count). The van der Waals surface area contributed by atoms with E-state index in [4.69, 9.17) is 19.3 Å². The molecule has 19 heavy (non-hydrogen) atoms. The SMILES string of the molecule is C=COC(COCC(C)C=C(C)C(=O)O)OC(C)C. The Morgan fingerprint density at radius 2 is 1.95 bits per heavy atom. The van der Waals surface area contributed by atoms with Gasteiger partial charge in [0.05, 0.1) is 19.0 Å². The van der Waals surface area contributed by atoms with Gasteiger partial charge in [-0.25, -0.2) is 4.79 Å². The maximum Gasteiger partial charge on any atom is 0.330 e. The molecule has 0 amide bonds. The number of carboxylic acid groups (broad SMARTS) is 1. The number of aliphatic carboxylic acids is 1. The molecule has 5 nitrogen and oxygen atoms in total. The minimum atomic E-state index is -0.914. The van der Waals surface area contributed by atoms with Crippen LogP contribution in [-0.4, -0.2) is 36.7 Å². The Bertz CT molecular complexity index is 309. The van der Waals surface area contributed by atoms with E-state index in [0.717, 1.165) is 0 Å². The van der Waals surface area contributed by atoms with E-state index in [0.29, 0.717) is 12.2 Å². The Hall–Kier alpha value is -1.33. The molecule has 5 heteroatoms. The zero-order chi connectivity index (χ0) is 14.8. The van der Waals surface area contributed by atoms with Gasteiger partial charge in [-0.1, -0.05) is 19.6 Å².